The number of nitrogens with zero attached hydrogens (tertiary/aromatic N) is 4. The average molecular weight is 498 g/mol. The Morgan fingerprint density at radius 2 is 1.70 bits per heavy atom. The van der Waals surface area contributed by atoms with Crippen LogP contribution >= 0.6 is 0 Å². The summed E-state index contributed by atoms with van der Waals surface area (Å²) < 4.78 is 20.4. The number of hydrogen-bond acceptors (Lipinski definition) is 5. The summed E-state index contributed by atoms with van der Waals surface area (Å²) >= 11 is 0. The molecule has 9 heteroatoms. The fourth-order valence-electron chi connectivity index (χ4n) is 4.14. The molecule has 8 nitrogen and oxygen atoms in total. The predicted octanol–water partition coefficient (Wildman–Crippen LogP) is 4.25. The highest BCUT2D eigenvalue weighted by atomic mass is 19.1. The fourth-order valence-corrected chi connectivity index (χ4v) is 4.14. The molecule has 2 aromatic heterocycles. The second kappa shape index (κ2) is 10.9. The van der Waals surface area contributed by atoms with Crippen LogP contribution in [0.2, 0.25) is 0 Å². The molecule has 0 bridgehead atoms. The quantitative estimate of drug-likeness (QED) is 0.329. The van der Waals surface area contributed by atoms with Gasteiger partial charge in [0.15, 0.2) is 0 Å². The average Bonchev–Trinajstić information content (AvgIpc) is 3.59. The van der Waals surface area contributed by atoms with Crippen LogP contribution in [0.4, 0.5) is 4.39 Å². The van der Waals surface area contributed by atoms with Gasteiger partial charge in [0.25, 0.3) is 0 Å². The third-order valence-electron chi connectivity index (χ3n) is 5.99. The normalized spacial score (nSPS) is 11.8. The molecule has 0 aliphatic carbocycles. The first-order valence-electron chi connectivity index (χ1n) is 11.8. The van der Waals surface area contributed by atoms with E-state index in [0.29, 0.717) is 22.4 Å². The lowest BCUT2D eigenvalue weighted by Gasteiger charge is -2.31. The van der Waals surface area contributed by atoms with Crippen LogP contribution in [-0.4, -0.2) is 31.7 Å². The maximum atomic E-state index is 13.8. The van der Waals surface area contributed by atoms with E-state index >= 15 is 0 Å². The Bertz CT molecular complexity index is 1480. The smallest absolute Gasteiger partial charge is 0.247 e. The Kier molecular flexibility index (Phi) is 7.02. The minimum atomic E-state index is -0.950. The van der Waals surface area contributed by atoms with Crippen LogP contribution in [0.1, 0.15) is 22.9 Å². The van der Waals surface area contributed by atoms with Crippen molar-refractivity contribution in [3.8, 4) is 0 Å². The van der Waals surface area contributed by atoms with E-state index in [9.17, 15) is 14.0 Å². The van der Waals surface area contributed by atoms with Crippen molar-refractivity contribution in [2.24, 2.45) is 0 Å². The van der Waals surface area contributed by atoms with E-state index in [4.69, 9.17) is 4.42 Å². The molecule has 3 aromatic carbocycles. The van der Waals surface area contributed by atoms with E-state index in [1.54, 1.807) is 36.4 Å². The van der Waals surface area contributed by atoms with Crippen LogP contribution in [0.5, 0.6) is 0 Å². The number of amides is 2. The van der Waals surface area contributed by atoms with E-state index in [2.05, 4.69) is 15.6 Å². The molecule has 0 radical (unpaired) electrons. The van der Waals surface area contributed by atoms with Crippen molar-refractivity contribution in [3.05, 3.63) is 120 Å². The first-order valence-corrected chi connectivity index (χ1v) is 11.8. The van der Waals surface area contributed by atoms with E-state index in [0.717, 1.165) is 5.56 Å². The van der Waals surface area contributed by atoms with Crippen molar-refractivity contribution in [2.75, 3.05) is 0 Å². The molecule has 0 unspecified atom stereocenters. The molecule has 5 rings (SSSR count). The van der Waals surface area contributed by atoms with Crippen molar-refractivity contribution >= 4 is 22.8 Å². The third-order valence-corrected chi connectivity index (χ3v) is 5.99. The van der Waals surface area contributed by atoms with Crippen LogP contribution < -0.4 is 5.32 Å². The maximum absolute atomic E-state index is 13.8. The molecule has 5 aromatic rings. The van der Waals surface area contributed by atoms with Gasteiger partial charge in [0.05, 0.1) is 18.3 Å². The van der Waals surface area contributed by atoms with Crippen molar-refractivity contribution < 1.29 is 18.4 Å². The van der Waals surface area contributed by atoms with E-state index < -0.39 is 6.04 Å². The highest BCUT2D eigenvalue weighted by Gasteiger charge is 2.32. The Morgan fingerprint density at radius 3 is 2.46 bits per heavy atom. The standard InChI is InChI=1S/C28H24FN5O3/c29-22-14-12-20(13-15-22)17-30-28(36)27(21-7-2-1-3-8-21)33(18-23-9-6-16-37-23)26(35)19-34-25-11-5-4-10-24(25)31-32-34/h1-16,27H,17-19H2,(H,30,36)/t27-/m0/s1. The van der Waals surface area contributed by atoms with Gasteiger partial charge in [-0.05, 0) is 47.5 Å². The summed E-state index contributed by atoms with van der Waals surface area (Å²) in [6.45, 7) is 0.136. The van der Waals surface area contributed by atoms with E-state index in [1.165, 1.54) is 28.0 Å². The van der Waals surface area contributed by atoms with Crippen LogP contribution in [0, 0.1) is 5.82 Å². The Morgan fingerprint density at radius 1 is 0.946 bits per heavy atom. The van der Waals surface area contributed by atoms with Crippen LogP contribution in [0.15, 0.2) is 102 Å². The lowest BCUT2D eigenvalue weighted by molar-refractivity contribution is -0.142. The highest BCUT2D eigenvalue weighted by molar-refractivity contribution is 5.89. The van der Waals surface area contributed by atoms with Gasteiger partial charge in [0, 0.05) is 6.54 Å². The van der Waals surface area contributed by atoms with E-state index in [-0.39, 0.29) is 37.3 Å². The summed E-state index contributed by atoms with van der Waals surface area (Å²) in [5, 5.41) is 11.2. The summed E-state index contributed by atoms with van der Waals surface area (Å²) in [5.41, 5.74) is 2.76. The number of halogens is 1. The zero-order valence-electron chi connectivity index (χ0n) is 19.8. The second-order valence-electron chi connectivity index (χ2n) is 8.49. The molecule has 1 N–H and O–H groups in total. The zero-order chi connectivity index (χ0) is 25.6. The lowest BCUT2D eigenvalue weighted by atomic mass is 10.0. The van der Waals surface area contributed by atoms with Gasteiger partial charge in [-0.25, -0.2) is 9.07 Å². The first-order chi connectivity index (χ1) is 18.1. The molecule has 0 saturated carbocycles. The van der Waals surface area contributed by atoms with Gasteiger partial charge in [-0.3, -0.25) is 9.59 Å². The number of benzene rings is 3. The molecule has 2 heterocycles. The maximum Gasteiger partial charge on any atom is 0.247 e. The second-order valence-corrected chi connectivity index (χ2v) is 8.49. The van der Waals surface area contributed by atoms with Crippen molar-refractivity contribution in [2.45, 2.75) is 25.7 Å². The molecule has 0 saturated heterocycles. The van der Waals surface area contributed by atoms with Crippen molar-refractivity contribution in [3.63, 3.8) is 0 Å². The van der Waals surface area contributed by atoms with Gasteiger partial charge in [0.2, 0.25) is 11.8 Å². The molecule has 2 amide bonds. The molecular formula is C28H24FN5O3. The Balaban J connectivity index is 1.46. The number of carbonyl (C=O) groups excluding carboxylic acids is 2. The molecule has 186 valence electrons. The SMILES string of the molecule is O=C(NCc1ccc(F)cc1)[C@H](c1ccccc1)N(Cc1ccco1)C(=O)Cn1nnc2ccccc21. The van der Waals surface area contributed by atoms with Crippen LogP contribution in [0.25, 0.3) is 11.0 Å². The summed E-state index contributed by atoms with van der Waals surface area (Å²) in [5.74, 6) is -0.533. The minimum absolute atomic E-state index is 0.0714. The first kappa shape index (κ1) is 23.9. The van der Waals surface area contributed by atoms with Crippen LogP contribution in [0.3, 0.4) is 0 Å². The van der Waals surface area contributed by atoms with Gasteiger partial charge in [0.1, 0.15) is 29.7 Å². The van der Waals surface area contributed by atoms with Gasteiger partial charge in [-0.2, -0.15) is 0 Å². The molecule has 37 heavy (non-hydrogen) atoms. The van der Waals surface area contributed by atoms with Crippen LogP contribution in [-0.2, 0) is 29.2 Å². The number of rotatable bonds is 9. The predicted molar refractivity (Wildman–Crippen MR) is 134 cm³/mol. The summed E-state index contributed by atoms with van der Waals surface area (Å²) in [6, 6.07) is 24.9. The molecule has 0 fully saturated rings. The van der Waals surface area contributed by atoms with Gasteiger partial charge in [-0.1, -0.05) is 59.8 Å². The largest absolute Gasteiger partial charge is 0.467 e. The molecular weight excluding hydrogens is 473 g/mol. The Hall–Kier alpha value is -4.79. The number of fused-ring (bicyclic) bond motifs is 1. The van der Waals surface area contributed by atoms with Crippen molar-refractivity contribution in [1.29, 1.82) is 0 Å². The number of aromatic nitrogens is 3. The number of carbonyl (C=O) groups is 2. The highest BCUT2D eigenvalue weighted by Crippen LogP contribution is 2.25. The molecule has 1 atom stereocenters. The topological polar surface area (TPSA) is 93.3 Å². The van der Waals surface area contributed by atoms with E-state index in [1.807, 2.05) is 42.5 Å². The molecule has 0 spiro atoms. The fraction of sp³-hybridized carbons (Fsp3) is 0.143. The summed E-state index contributed by atoms with van der Waals surface area (Å²) in [6.07, 6.45) is 1.52. The Labute approximate surface area is 212 Å². The monoisotopic (exact) mass is 497 g/mol. The summed E-state index contributed by atoms with van der Waals surface area (Å²) in [4.78, 5) is 28.9. The number of nitrogens with one attached hydrogen (secondary N) is 1. The van der Waals surface area contributed by atoms with Gasteiger partial charge < -0.3 is 14.6 Å². The van der Waals surface area contributed by atoms with Crippen molar-refractivity contribution in [1.82, 2.24) is 25.2 Å². The number of para-hydroxylation sites is 1. The molecule has 0 aliphatic rings. The number of hydrogen-bond donors (Lipinski definition) is 1. The molecule has 0 aliphatic heterocycles. The summed E-state index contributed by atoms with van der Waals surface area (Å²) in [7, 11) is 0. The van der Waals surface area contributed by atoms with Gasteiger partial charge in [-0.15, -0.1) is 5.10 Å². The third kappa shape index (κ3) is 5.56. The minimum Gasteiger partial charge on any atom is -0.467 e. The zero-order valence-corrected chi connectivity index (χ0v) is 19.8. The lowest BCUT2D eigenvalue weighted by Crippen LogP contribution is -2.44. The number of furan rings is 1. The van der Waals surface area contributed by atoms with Gasteiger partial charge >= 0.3 is 0 Å².